The first kappa shape index (κ1) is 16.7. The topological polar surface area (TPSA) is 67.5 Å². The standard InChI is InChI=1S/C19H23N3O/c1-2-3-5-10-18(15-8-6-4-7-9-15)21-22-19(23)16-11-13-17(20)14-12-16/h4,6-9,11-14H,2-3,5,10,20H2,1H3,(H,22,23)/b21-18-. The summed E-state index contributed by atoms with van der Waals surface area (Å²) in [5, 5.41) is 4.35. The molecular formula is C19H23N3O. The molecular weight excluding hydrogens is 286 g/mol. The zero-order valence-corrected chi connectivity index (χ0v) is 13.5. The van der Waals surface area contributed by atoms with E-state index in [2.05, 4.69) is 17.5 Å². The fourth-order valence-electron chi connectivity index (χ4n) is 2.26. The van der Waals surface area contributed by atoms with Gasteiger partial charge in [-0.25, -0.2) is 5.43 Å². The normalized spacial score (nSPS) is 11.3. The number of benzene rings is 2. The van der Waals surface area contributed by atoms with Gasteiger partial charge in [0.1, 0.15) is 0 Å². The largest absolute Gasteiger partial charge is 0.399 e. The maximum absolute atomic E-state index is 12.2. The van der Waals surface area contributed by atoms with Crippen LogP contribution in [0.4, 0.5) is 5.69 Å². The van der Waals surface area contributed by atoms with Crippen molar-refractivity contribution in [3.05, 3.63) is 65.7 Å². The Morgan fingerprint density at radius 3 is 2.35 bits per heavy atom. The highest BCUT2D eigenvalue weighted by Gasteiger charge is 2.07. The molecule has 4 nitrogen and oxygen atoms in total. The number of nitrogen functional groups attached to an aromatic ring is 1. The summed E-state index contributed by atoms with van der Waals surface area (Å²) >= 11 is 0. The molecule has 0 atom stereocenters. The quantitative estimate of drug-likeness (QED) is 0.351. The van der Waals surface area contributed by atoms with E-state index < -0.39 is 0 Å². The number of nitrogens with two attached hydrogens (primary N) is 1. The van der Waals surface area contributed by atoms with Crippen LogP contribution in [0.25, 0.3) is 0 Å². The zero-order valence-electron chi connectivity index (χ0n) is 13.5. The van der Waals surface area contributed by atoms with E-state index in [1.807, 2.05) is 30.3 Å². The van der Waals surface area contributed by atoms with Crippen molar-refractivity contribution >= 4 is 17.3 Å². The van der Waals surface area contributed by atoms with E-state index >= 15 is 0 Å². The highest BCUT2D eigenvalue weighted by Crippen LogP contribution is 2.10. The number of rotatable bonds is 7. The summed E-state index contributed by atoms with van der Waals surface area (Å²) in [5.74, 6) is -0.228. The van der Waals surface area contributed by atoms with E-state index in [-0.39, 0.29) is 5.91 Å². The van der Waals surface area contributed by atoms with E-state index in [1.54, 1.807) is 24.3 Å². The lowest BCUT2D eigenvalue weighted by Gasteiger charge is -2.07. The Bertz CT molecular complexity index is 648. The number of hydrogen-bond acceptors (Lipinski definition) is 3. The number of nitrogens with zero attached hydrogens (tertiary/aromatic N) is 1. The number of hydrazone groups is 1. The molecule has 0 aromatic heterocycles. The van der Waals surface area contributed by atoms with Crippen LogP contribution < -0.4 is 11.2 Å². The molecule has 0 aliphatic carbocycles. The molecule has 2 aromatic rings. The number of anilines is 1. The van der Waals surface area contributed by atoms with Crippen LogP contribution in [0.2, 0.25) is 0 Å². The maximum Gasteiger partial charge on any atom is 0.271 e. The molecule has 0 radical (unpaired) electrons. The van der Waals surface area contributed by atoms with E-state index in [1.165, 1.54) is 0 Å². The van der Waals surface area contributed by atoms with Crippen molar-refractivity contribution in [2.24, 2.45) is 5.10 Å². The van der Waals surface area contributed by atoms with Crippen molar-refractivity contribution in [1.29, 1.82) is 0 Å². The predicted molar refractivity (Wildman–Crippen MR) is 95.4 cm³/mol. The van der Waals surface area contributed by atoms with Crippen molar-refractivity contribution in [3.8, 4) is 0 Å². The molecule has 0 spiro atoms. The van der Waals surface area contributed by atoms with Crippen LogP contribution in [0, 0.1) is 0 Å². The van der Waals surface area contributed by atoms with Crippen molar-refractivity contribution in [2.45, 2.75) is 32.6 Å². The predicted octanol–water partition coefficient (Wildman–Crippen LogP) is 3.98. The summed E-state index contributed by atoms with van der Waals surface area (Å²) in [4.78, 5) is 12.2. The summed E-state index contributed by atoms with van der Waals surface area (Å²) in [6.07, 6.45) is 4.21. The van der Waals surface area contributed by atoms with Crippen molar-refractivity contribution < 1.29 is 4.79 Å². The van der Waals surface area contributed by atoms with Gasteiger partial charge in [-0.15, -0.1) is 0 Å². The van der Waals surface area contributed by atoms with Gasteiger partial charge in [-0.1, -0.05) is 50.1 Å². The van der Waals surface area contributed by atoms with Crippen LogP contribution in [0.3, 0.4) is 0 Å². The Balaban J connectivity index is 2.09. The van der Waals surface area contributed by atoms with Gasteiger partial charge < -0.3 is 5.73 Å². The van der Waals surface area contributed by atoms with E-state index in [0.29, 0.717) is 11.3 Å². The van der Waals surface area contributed by atoms with Gasteiger partial charge in [0.15, 0.2) is 0 Å². The van der Waals surface area contributed by atoms with Crippen LogP contribution in [0.5, 0.6) is 0 Å². The van der Waals surface area contributed by atoms with Crippen molar-refractivity contribution in [2.75, 3.05) is 5.73 Å². The molecule has 0 aliphatic rings. The van der Waals surface area contributed by atoms with E-state index in [4.69, 9.17) is 5.73 Å². The minimum absolute atomic E-state index is 0.228. The highest BCUT2D eigenvalue weighted by atomic mass is 16.2. The number of nitrogens with one attached hydrogen (secondary N) is 1. The summed E-state index contributed by atoms with van der Waals surface area (Å²) in [7, 11) is 0. The molecule has 1 amide bonds. The van der Waals surface area contributed by atoms with Crippen molar-refractivity contribution in [3.63, 3.8) is 0 Å². The Morgan fingerprint density at radius 1 is 1.00 bits per heavy atom. The molecule has 0 fully saturated rings. The molecule has 120 valence electrons. The first-order valence-electron chi connectivity index (χ1n) is 7.98. The van der Waals surface area contributed by atoms with Crippen LogP contribution >= 0.6 is 0 Å². The van der Waals surface area contributed by atoms with Crippen LogP contribution in [0.1, 0.15) is 48.5 Å². The number of carbonyl (C=O) groups excluding carboxylic acids is 1. The van der Waals surface area contributed by atoms with Gasteiger partial charge >= 0.3 is 0 Å². The molecule has 4 heteroatoms. The first-order valence-corrected chi connectivity index (χ1v) is 7.98. The third-order valence-electron chi connectivity index (χ3n) is 3.59. The zero-order chi connectivity index (χ0) is 16.5. The second kappa shape index (κ2) is 8.73. The molecule has 2 rings (SSSR count). The summed E-state index contributed by atoms with van der Waals surface area (Å²) < 4.78 is 0. The lowest BCUT2D eigenvalue weighted by Crippen LogP contribution is -2.20. The fraction of sp³-hybridized carbons (Fsp3) is 0.263. The van der Waals surface area contributed by atoms with E-state index in [9.17, 15) is 4.79 Å². The molecule has 0 aliphatic heterocycles. The summed E-state index contributed by atoms with van der Waals surface area (Å²) in [5.41, 5.74) is 11.4. The minimum Gasteiger partial charge on any atom is -0.399 e. The SMILES string of the molecule is CCCCC/C(=N/NC(=O)c1ccc(N)cc1)c1ccccc1. The molecule has 3 N–H and O–H groups in total. The Labute approximate surface area is 137 Å². The molecule has 23 heavy (non-hydrogen) atoms. The molecule has 0 saturated heterocycles. The minimum atomic E-state index is -0.228. The third-order valence-corrected chi connectivity index (χ3v) is 3.59. The number of carbonyl (C=O) groups is 1. The van der Waals surface area contributed by atoms with Gasteiger partial charge in [-0.3, -0.25) is 4.79 Å². The van der Waals surface area contributed by atoms with Gasteiger partial charge in [-0.05, 0) is 42.7 Å². The molecule has 2 aromatic carbocycles. The van der Waals surface area contributed by atoms with Gasteiger partial charge in [-0.2, -0.15) is 5.10 Å². The summed E-state index contributed by atoms with van der Waals surface area (Å²) in [6, 6.07) is 16.8. The smallest absolute Gasteiger partial charge is 0.271 e. The number of unbranched alkanes of at least 4 members (excludes halogenated alkanes) is 2. The van der Waals surface area contributed by atoms with E-state index in [0.717, 1.165) is 37.0 Å². The highest BCUT2D eigenvalue weighted by molar-refractivity contribution is 6.02. The number of hydrogen-bond donors (Lipinski definition) is 2. The fourth-order valence-corrected chi connectivity index (χ4v) is 2.26. The monoisotopic (exact) mass is 309 g/mol. The van der Waals surface area contributed by atoms with Crippen LogP contribution in [-0.4, -0.2) is 11.6 Å². The molecule has 0 saturated carbocycles. The van der Waals surface area contributed by atoms with Crippen molar-refractivity contribution in [1.82, 2.24) is 5.43 Å². The van der Waals surface area contributed by atoms with Gasteiger partial charge in [0.2, 0.25) is 0 Å². The summed E-state index contributed by atoms with van der Waals surface area (Å²) in [6.45, 7) is 2.17. The molecule has 0 heterocycles. The Morgan fingerprint density at radius 2 is 1.70 bits per heavy atom. The van der Waals surface area contributed by atoms with Gasteiger partial charge in [0, 0.05) is 11.3 Å². The average molecular weight is 309 g/mol. The van der Waals surface area contributed by atoms with Gasteiger partial charge in [0.25, 0.3) is 5.91 Å². The number of amides is 1. The second-order valence-corrected chi connectivity index (χ2v) is 5.44. The maximum atomic E-state index is 12.2. The van der Waals surface area contributed by atoms with Gasteiger partial charge in [0.05, 0.1) is 5.71 Å². The Kier molecular flexibility index (Phi) is 6.36. The third kappa shape index (κ3) is 5.25. The Hall–Kier alpha value is -2.62. The van der Waals surface area contributed by atoms with Crippen LogP contribution in [0.15, 0.2) is 59.7 Å². The second-order valence-electron chi connectivity index (χ2n) is 5.44. The lowest BCUT2D eigenvalue weighted by molar-refractivity contribution is 0.0955. The lowest BCUT2D eigenvalue weighted by atomic mass is 10.0. The average Bonchev–Trinajstić information content (AvgIpc) is 2.59. The first-order chi connectivity index (χ1) is 11.2. The molecule has 0 bridgehead atoms. The molecule has 0 unspecified atom stereocenters. The van der Waals surface area contributed by atoms with Crippen LogP contribution in [-0.2, 0) is 0 Å².